The molecule has 1 aromatic rings. The molecule has 9 nitrogen and oxygen atoms in total. The number of dihydropyridines is 1. The van der Waals surface area contributed by atoms with Gasteiger partial charge in [-0.3, -0.25) is 4.79 Å². The molecule has 4 aliphatic heterocycles. The first kappa shape index (κ1) is 21.2. The number of azo groups is 1. The van der Waals surface area contributed by atoms with Crippen LogP contribution in [0.25, 0.3) is 0 Å². The zero-order valence-electron chi connectivity index (χ0n) is 19.2. The normalized spacial score (nSPS) is 26.3. The Kier molecular flexibility index (Phi) is 4.56. The third-order valence-corrected chi connectivity index (χ3v) is 9.72. The van der Waals surface area contributed by atoms with E-state index in [9.17, 15) is 13.2 Å². The number of carbonyl (C=O) groups is 1. The van der Waals surface area contributed by atoms with Crippen molar-refractivity contribution < 1.29 is 13.2 Å². The fraction of sp³-hybridized carbons (Fsp3) is 0.652. The molecule has 1 spiro atoms. The van der Waals surface area contributed by atoms with Crippen molar-refractivity contribution in [3.63, 3.8) is 0 Å². The summed E-state index contributed by atoms with van der Waals surface area (Å²) in [4.78, 5) is 17.9. The third kappa shape index (κ3) is 3.17. The van der Waals surface area contributed by atoms with Gasteiger partial charge in [0, 0.05) is 60.9 Å². The molecule has 0 saturated carbocycles. The number of aryl methyl sites for hydroxylation is 2. The molecule has 5 aliphatic rings. The molecule has 1 saturated heterocycles. The number of nitrogens with one attached hydrogen (secondary N) is 1. The molecule has 33 heavy (non-hydrogen) atoms. The van der Waals surface area contributed by atoms with Gasteiger partial charge in [-0.25, -0.2) is 13.4 Å². The quantitative estimate of drug-likeness (QED) is 0.715. The number of carbonyl (C=O) groups excluding carboxylic acids is 1. The number of fused-ring (bicyclic) bond motifs is 3. The van der Waals surface area contributed by atoms with Crippen molar-refractivity contribution >= 4 is 15.8 Å². The summed E-state index contributed by atoms with van der Waals surface area (Å²) in [5, 5.41) is 12.1. The molecular weight excluding hydrogens is 440 g/mol. The predicted octanol–water partition coefficient (Wildman–Crippen LogP) is 2.91. The lowest BCUT2D eigenvalue weighted by Crippen LogP contribution is -2.50. The van der Waals surface area contributed by atoms with Crippen molar-refractivity contribution in [3.8, 4) is 0 Å². The van der Waals surface area contributed by atoms with E-state index in [1.54, 1.807) is 10.5 Å². The molecule has 6 rings (SSSR count). The molecule has 0 atom stereocenters. The van der Waals surface area contributed by atoms with E-state index in [0.29, 0.717) is 38.9 Å². The SMILES string of the molecule is CC1(C)CC(=O)C2=C(C1)NC1=C(CN=N1)C21CCN(S(=O)(=O)c2cn3c(n2)CCCC3)CC1. The molecular formula is C23H30N6O3S. The maximum atomic E-state index is 13.4. The van der Waals surface area contributed by atoms with E-state index >= 15 is 0 Å². The fourth-order valence-electron chi connectivity index (χ4n) is 6.37. The van der Waals surface area contributed by atoms with Crippen LogP contribution in [0.15, 0.2) is 44.1 Å². The Balaban J connectivity index is 1.32. The van der Waals surface area contributed by atoms with Crippen molar-refractivity contribution in [2.75, 3.05) is 19.6 Å². The second-order valence-electron chi connectivity index (χ2n) is 10.8. The maximum absolute atomic E-state index is 13.4. The van der Waals surface area contributed by atoms with Crippen molar-refractivity contribution in [3.05, 3.63) is 34.7 Å². The van der Waals surface area contributed by atoms with Crippen LogP contribution in [0.5, 0.6) is 0 Å². The van der Waals surface area contributed by atoms with Crippen LogP contribution in [-0.2, 0) is 27.8 Å². The molecule has 1 fully saturated rings. The van der Waals surface area contributed by atoms with Gasteiger partial charge < -0.3 is 9.88 Å². The average molecular weight is 471 g/mol. The summed E-state index contributed by atoms with van der Waals surface area (Å²) >= 11 is 0. The molecule has 5 heterocycles. The number of imidazole rings is 1. The Morgan fingerprint density at radius 1 is 1.09 bits per heavy atom. The number of Topliss-reactive ketones (excluding diaryl/α,β-unsaturated/α-hetero) is 1. The van der Waals surface area contributed by atoms with Gasteiger partial charge in [0.05, 0.1) is 6.54 Å². The summed E-state index contributed by atoms with van der Waals surface area (Å²) in [6.07, 6.45) is 7.05. The van der Waals surface area contributed by atoms with Gasteiger partial charge in [-0.05, 0) is 37.5 Å². The lowest BCUT2D eigenvalue weighted by Gasteiger charge is -2.48. The number of aromatic nitrogens is 2. The van der Waals surface area contributed by atoms with E-state index < -0.39 is 15.4 Å². The monoisotopic (exact) mass is 470 g/mol. The molecule has 0 aromatic carbocycles. The first-order valence-corrected chi connectivity index (χ1v) is 13.3. The van der Waals surface area contributed by atoms with Crippen LogP contribution < -0.4 is 5.32 Å². The summed E-state index contributed by atoms with van der Waals surface area (Å²) in [5.41, 5.74) is 2.26. The van der Waals surface area contributed by atoms with Gasteiger partial charge in [-0.15, -0.1) is 5.11 Å². The van der Waals surface area contributed by atoms with E-state index in [2.05, 4.69) is 34.4 Å². The number of allylic oxidation sites excluding steroid dienone is 2. The summed E-state index contributed by atoms with van der Waals surface area (Å²) in [6, 6.07) is 0. The van der Waals surface area contributed by atoms with Gasteiger partial charge in [-0.1, -0.05) is 13.8 Å². The maximum Gasteiger partial charge on any atom is 0.262 e. The minimum atomic E-state index is -3.67. The van der Waals surface area contributed by atoms with Crippen molar-refractivity contribution in [2.24, 2.45) is 21.1 Å². The van der Waals surface area contributed by atoms with E-state index in [4.69, 9.17) is 0 Å². The number of rotatable bonds is 2. The first-order valence-electron chi connectivity index (χ1n) is 11.9. The lowest BCUT2D eigenvalue weighted by molar-refractivity contribution is -0.119. The van der Waals surface area contributed by atoms with E-state index in [-0.39, 0.29) is 16.2 Å². The predicted molar refractivity (Wildman–Crippen MR) is 121 cm³/mol. The lowest BCUT2D eigenvalue weighted by atomic mass is 9.60. The smallest absolute Gasteiger partial charge is 0.262 e. The second kappa shape index (κ2) is 7.09. The van der Waals surface area contributed by atoms with Crippen LogP contribution in [0, 0.1) is 10.8 Å². The van der Waals surface area contributed by atoms with Gasteiger partial charge in [0.1, 0.15) is 5.82 Å². The van der Waals surface area contributed by atoms with Crippen LogP contribution >= 0.6 is 0 Å². The first-order chi connectivity index (χ1) is 15.7. The van der Waals surface area contributed by atoms with Crippen LogP contribution in [0.3, 0.4) is 0 Å². The van der Waals surface area contributed by atoms with Crippen LogP contribution in [-0.4, -0.2) is 47.7 Å². The molecule has 1 aliphatic carbocycles. The molecule has 176 valence electrons. The highest BCUT2D eigenvalue weighted by Gasteiger charge is 2.53. The molecule has 0 unspecified atom stereocenters. The number of nitrogens with zero attached hydrogens (tertiary/aromatic N) is 5. The number of sulfonamides is 1. The van der Waals surface area contributed by atoms with Gasteiger partial charge in [-0.2, -0.15) is 9.42 Å². The van der Waals surface area contributed by atoms with Crippen LogP contribution in [0.4, 0.5) is 0 Å². The molecule has 1 N–H and O–H groups in total. The van der Waals surface area contributed by atoms with Crippen molar-refractivity contribution in [2.45, 2.75) is 70.4 Å². The number of hydrogen-bond donors (Lipinski definition) is 1. The summed E-state index contributed by atoms with van der Waals surface area (Å²) in [5.74, 6) is 1.79. The largest absolute Gasteiger partial charge is 0.342 e. The van der Waals surface area contributed by atoms with Gasteiger partial charge >= 0.3 is 0 Å². The Labute approximate surface area is 194 Å². The van der Waals surface area contributed by atoms with E-state index in [0.717, 1.165) is 60.7 Å². The van der Waals surface area contributed by atoms with E-state index in [1.165, 1.54) is 0 Å². The van der Waals surface area contributed by atoms with Crippen LogP contribution in [0.2, 0.25) is 0 Å². The Morgan fingerprint density at radius 2 is 1.88 bits per heavy atom. The van der Waals surface area contributed by atoms with Crippen molar-refractivity contribution in [1.29, 1.82) is 0 Å². The van der Waals surface area contributed by atoms with Gasteiger partial charge in [0.15, 0.2) is 16.6 Å². The van der Waals surface area contributed by atoms with Crippen molar-refractivity contribution in [1.82, 2.24) is 19.2 Å². The zero-order chi connectivity index (χ0) is 23.0. The van der Waals surface area contributed by atoms with E-state index in [1.807, 2.05) is 4.57 Å². The molecule has 1 aromatic heterocycles. The highest BCUT2D eigenvalue weighted by Crippen LogP contribution is 2.55. The standard InChI is InChI=1S/C23H30N6O3S/c1-22(2)11-16-20(17(30)12-22)23(15-13-24-27-21(15)25-16)6-9-29(10-7-23)33(31,32)19-14-28-8-4-3-5-18(28)26-19/h14,25H,3-13H2,1-2H3. The van der Waals surface area contributed by atoms with Gasteiger partial charge in [0.25, 0.3) is 10.0 Å². The van der Waals surface area contributed by atoms with Crippen LogP contribution in [0.1, 0.15) is 58.2 Å². The molecule has 0 amide bonds. The number of ketones is 1. The third-order valence-electron chi connectivity index (χ3n) is 7.95. The second-order valence-corrected chi connectivity index (χ2v) is 12.7. The minimum absolute atomic E-state index is 0.109. The minimum Gasteiger partial charge on any atom is -0.342 e. The molecule has 0 bridgehead atoms. The summed E-state index contributed by atoms with van der Waals surface area (Å²) < 4.78 is 30.4. The Morgan fingerprint density at radius 3 is 2.64 bits per heavy atom. The number of hydrogen-bond acceptors (Lipinski definition) is 7. The highest BCUT2D eigenvalue weighted by atomic mass is 32.2. The topological polar surface area (TPSA) is 109 Å². The molecule has 0 radical (unpaired) electrons. The zero-order valence-corrected chi connectivity index (χ0v) is 20.0. The summed E-state index contributed by atoms with van der Waals surface area (Å²) in [7, 11) is -3.67. The molecule has 10 heteroatoms. The Hall–Kier alpha value is -2.33. The highest BCUT2D eigenvalue weighted by molar-refractivity contribution is 7.89. The Bertz CT molecular complexity index is 1220. The fourth-order valence-corrected chi connectivity index (χ4v) is 7.78. The average Bonchev–Trinajstić information content (AvgIpc) is 3.40. The van der Waals surface area contributed by atoms with Gasteiger partial charge in [0.2, 0.25) is 0 Å². The number of piperidine rings is 1. The summed E-state index contributed by atoms with van der Waals surface area (Å²) in [6.45, 7) is 6.23.